The highest BCUT2D eigenvalue weighted by Crippen LogP contribution is 2.52. The molecule has 2 aromatic carbocycles. The Balaban J connectivity index is 1.15. The summed E-state index contributed by atoms with van der Waals surface area (Å²) >= 11 is 0. The monoisotopic (exact) mass is 515 g/mol. The van der Waals surface area contributed by atoms with E-state index in [-0.39, 0.29) is 0 Å². The Morgan fingerprint density at radius 3 is 2.26 bits per heavy atom. The zero-order valence-electron chi connectivity index (χ0n) is 24.0. The van der Waals surface area contributed by atoms with Gasteiger partial charge in [-0.1, -0.05) is 50.2 Å². The molecule has 2 aromatic rings. The molecule has 38 heavy (non-hydrogen) atoms. The van der Waals surface area contributed by atoms with Gasteiger partial charge in [0.25, 0.3) is 0 Å². The van der Waals surface area contributed by atoms with E-state index in [0.717, 1.165) is 17.8 Å². The molecule has 6 rings (SSSR count). The van der Waals surface area contributed by atoms with Crippen molar-refractivity contribution in [2.24, 2.45) is 5.41 Å². The molecule has 1 atom stereocenters. The van der Waals surface area contributed by atoms with E-state index in [1.54, 1.807) is 18.2 Å². The highest BCUT2D eigenvalue weighted by molar-refractivity contribution is 5.34. The normalized spacial score (nSPS) is 28.9. The zero-order valence-corrected chi connectivity index (χ0v) is 24.0. The van der Waals surface area contributed by atoms with Crippen molar-refractivity contribution < 1.29 is 4.74 Å². The summed E-state index contributed by atoms with van der Waals surface area (Å²) in [5.41, 5.74) is 5.29. The van der Waals surface area contributed by atoms with Gasteiger partial charge in [-0.15, -0.1) is 0 Å². The molecule has 2 saturated heterocycles. The Kier molecular flexibility index (Phi) is 7.84. The van der Waals surface area contributed by atoms with Gasteiger partial charge < -0.3 is 10.1 Å². The number of benzene rings is 2. The third kappa shape index (κ3) is 5.29. The van der Waals surface area contributed by atoms with Crippen LogP contribution in [0.15, 0.2) is 48.5 Å². The highest BCUT2D eigenvalue weighted by atomic mass is 16.5. The maximum atomic E-state index is 5.38. The summed E-state index contributed by atoms with van der Waals surface area (Å²) in [7, 11) is 1.75. The first-order valence-electron chi connectivity index (χ1n) is 15.5. The number of methoxy groups -OCH3 is 1. The van der Waals surface area contributed by atoms with Gasteiger partial charge in [-0.25, -0.2) is 0 Å². The van der Waals surface area contributed by atoms with Gasteiger partial charge in [-0.2, -0.15) is 0 Å². The predicted octanol–water partition coefficient (Wildman–Crippen LogP) is 6.74. The fourth-order valence-corrected chi connectivity index (χ4v) is 8.39. The van der Waals surface area contributed by atoms with Gasteiger partial charge in [0.1, 0.15) is 5.75 Å². The SMILES string of the molecule is COc1ccc(C2CCC(N3CCN(C4CC5(CCNCC5)C4)C(c4ccccc4C(C)C)C3)CC2)cc1. The molecule has 2 aliphatic heterocycles. The van der Waals surface area contributed by atoms with Gasteiger partial charge in [0.2, 0.25) is 0 Å². The van der Waals surface area contributed by atoms with Gasteiger partial charge in [0, 0.05) is 37.8 Å². The number of hydrogen-bond acceptors (Lipinski definition) is 4. The van der Waals surface area contributed by atoms with Crippen molar-refractivity contribution >= 4 is 0 Å². The van der Waals surface area contributed by atoms with Gasteiger partial charge in [-0.3, -0.25) is 9.80 Å². The van der Waals surface area contributed by atoms with E-state index in [9.17, 15) is 0 Å². The molecule has 0 radical (unpaired) electrons. The Labute approximate surface area is 231 Å². The molecule has 1 unspecified atom stereocenters. The van der Waals surface area contributed by atoms with Crippen molar-refractivity contribution in [2.45, 2.75) is 95.2 Å². The third-order valence-corrected chi connectivity index (χ3v) is 10.7. The molecule has 0 bridgehead atoms. The largest absolute Gasteiger partial charge is 0.497 e. The lowest BCUT2D eigenvalue weighted by Crippen LogP contribution is -2.61. The molecule has 4 heteroatoms. The summed E-state index contributed by atoms with van der Waals surface area (Å²) in [6.45, 7) is 10.9. The summed E-state index contributed by atoms with van der Waals surface area (Å²) in [4.78, 5) is 5.84. The van der Waals surface area contributed by atoms with E-state index in [1.807, 2.05) is 0 Å². The van der Waals surface area contributed by atoms with Crippen LogP contribution in [-0.4, -0.2) is 61.7 Å². The van der Waals surface area contributed by atoms with Crippen molar-refractivity contribution in [3.63, 3.8) is 0 Å². The van der Waals surface area contributed by atoms with Crippen LogP contribution in [0.1, 0.15) is 99.8 Å². The van der Waals surface area contributed by atoms with Crippen LogP contribution in [0.25, 0.3) is 0 Å². The molecule has 4 fully saturated rings. The molecule has 4 nitrogen and oxygen atoms in total. The molecule has 1 spiro atoms. The highest BCUT2D eigenvalue weighted by Gasteiger charge is 2.49. The lowest BCUT2D eigenvalue weighted by molar-refractivity contribution is -0.0717. The summed E-state index contributed by atoms with van der Waals surface area (Å²) in [6.07, 6.45) is 10.9. The van der Waals surface area contributed by atoms with E-state index in [0.29, 0.717) is 23.3 Å². The fourth-order valence-electron chi connectivity index (χ4n) is 8.39. The molecule has 2 saturated carbocycles. The zero-order chi connectivity index (χ0) is 26.1. The number of rotatable bonds is 6. The van der Waals surface area contributed by atoms with Crippen molar-refractivity contribution in [1.82, 2.24) is 15.1 Å². The number of piperidine rings is 1. The van der Waals surface area contributed by atoms with Crippen molar-refractivity contribution in [3.8, 4) is 5.75 Å². The van der Waals surface area contributed by atoms with Crippen molar-refractivity contribution in [1.29, 1.82) is 0 Å². The number of ether oxygens (including phenoxy) is 1. The van der Waals surface area contributed by atoms with Crippen molar-refractivity contribution in [3.05, 3.63) is 65.2 Å². The van der Waals surface area contributed by atoms with Crippen LogP contribution in [0.3, 0.4) is 0 Å². The minimum absolute atomic E-state index is 0.533. The topological polar surface area (TPSA) is 27.7 Å². The van der Waals surface area contributed by atoms with Crippen LogP contribution in [-0.2, 0) is 0 Å². The van der Waals surface area contributed by atoms with E-state index in [2.05, 4.69) is 77.5 Å². The van der Waals surface area contributed by atoms with Gasteiger partial charge in [0.05, 0.1) is 7.11 Å². The first-order chi connectivity index (χ1) is 18.5. The standard InChI is InChI=1S/C34H49N3O/c1-25(2)31-6-4-5-7-32(31)33-24-36(20-21-37(33)29-22-34(23-29)16-18-35-19-17-34)28-12-8-26(9-13-28)27-10-14-30(38-3)15-11-27/h4-7,10-11,14-15,25-26,28-29,33,35H,8-9,12-13,16-24H2,1-3H3. The molecule has 0 aromatic heterocycles. The average molecular weight is 516 g/mol. The summed E-state index contributed by atoms with van der Waals surface area (Å²) < 4.78 is 5.38. The van der Waals surface area contributed by atoms with Crippen LogP contribution in [0.2, 0.25) is 0 Å². The number of nitrogens with one attached hydrogen (secondary N) is 1. The van der Waals surface area contributed by atoms with E-state index in [4.69, 9.17) is 4.74 Å². The number of nitrogens with zero attached hydrogens (tertiary/aromatic N) is 2. The average Bonchev–Trinajstić information content (AvgIpc) is 2.96. The first kappa shape index (κ1) is 26.3. The fraction of sp³-hybridized carbons (Fsp3) is 0.647. The predicted molar refractivity (Wildman–Crippen MR) is 157 cm³/mol. The van der Waals surface area contributed by atoms with Crippen LogP contribution in [0.5, 0.6) is 5.75 Å². The third-order valence-electron chi connectivity index (χ3n) is 10.7. The second-order valence-corrected chi connectivity index (χ2v) is 13.1. The van der Waals surface area contributed by atoms with Gasteiger partial charge in [-0.05, 0) is 111 Å². The minimum Gasteiger partial charge on any atom is -0.497 e. The molecular weight excluding hydrogens is 466 g/mol. The number of piperazine rings is 1. The van der Waals surface area contributed by atoms with E-state index >= 15 is 0 Å². The first-order valence-corrected chi connectivity index (χ1v) is 15.5. The molecule has 4 aliphatic rings. The Morgan fingerprint density at radius 2 is 1.58 bits per heavy atom. The summed E-state index contributed by atoms with van der Waals surface area (Å²) in [5.74, 6) is 2.23. The lowest BCUT2D eigenvalue weighted by Gasteiger charge is -2.58. The Hall–Kier alpha value is -1.88. The van der Waals surface area contributed by atoms with Gasteiger partial charge in [0.15, 0.2) is 0 Å². The lowest BCUT2D eigenvalue weighted by atomic mass is 9.60. The minimum atomic E-state index is 0.533. The molecular formula is C34H49N3O. The maximum absolute atomic E-state index is 5.38. The van der Waals surface area contributed by atoms with Crippen LogP contribution in [0, 0.1) is 5.41 Å². The van der Waals surface area contributed by atoms with E-state index < -0.39 is 0 Å². The van der Waals surface area contributed by atoms with E-state index in [1.165, 1.54) is 89.7 Å². The van der Waals surface area contributed by atoms with Crippen LogP contribution in [0.4, 0.5) is 0 Å². The Bertz CT molecular complexity index is 1040. The molecule has 2 heterocycles. The van der Waals surface area contributed by atoms with Crippen LogP contribution < -0.4 is 10.1 Å². The molecule has 206 valence electrons. The molecule has 2 aliphatic carbocycles. The summed E-state index contributed by atoms with van der Waals surface area (Å²) in [5, 5.41) is 3.59. The summed E-state index contributed by atoms with van der Waals surface area (Å²) in [6, 6.07) is 20.3. The molecule has 0 amide bonds. The van der Waals surface area contributed by atoms with Crippen LogP contribution >= 0.6 is 0 Å². The van der Waals surface area contributed by atoms with Gasteiger partial charge >= 0.3 is 0 Å². The molecule has 1 N–H and O–H groups in total. The smallest absolute Gasteiger partial charge is 0.118 e. The second-order valence-electron chi connectivity index (χ2n) is 13.1. The second kappa shape index (κ2) is 11.3. The Morgan fingerprint density at radius 1 is 0.868 bits per heavy atom. The maximum Gasteiger partial charge on any atom is 0.118 e. The number of hydrogen-bond donors (Lipinski definition) is 1. The quantitative estimate of drug-likeness (QED) is 0.461. The van der Waals surface area contributed by atoms with Crippen molar-refractivity contribution in [2.75, 3.05) is 39.8 Å².